The van der Waals surface area contributed by atoms with E-state index >= 15 is 0 Å². The SMILES string of the molecule is CC(=O)O.CC(=O)O.O=C1OC2(c3ccc(O)cc3Oc3cc(O)ccc32)c2ccccc21.O=C1OC2(c3ccc(O)cc3Oc3cc(O)ccc32)c2ccccc21. The average Bonchev–Trinajstić information content (AvgIpc) is 3.62. The molecule has 4 heterocycles. The van der Waals surface area contributed by atoms with Crippen molar-refractivity contribution in [2.45, 2.75) is 25.0 Å². The largest absolute Gasteiger partial charge is 0.508 e. The fourth-order valence-corrected chi connectivity index (χ4v) is 7.31. The lowest BCUT2D eigenvalue weighted by Gasteiger charge is -2.36. The third-order valence-corrected chi connectivity index (χ3v) is 9.36. The molecular formula is C44H32O14. The van der Waals surface area contributed by atoms with Gasteiger partial charge in [0.25, 0.3) is 11.9 Å². The minimum atomic E-state index is -1.17. The van der Waals surface area contributed by atoms with E-state index in [4.69, 9.17) is 38.7 Å². The fourth-order valence-electron chi connectivity index (χ4n) is 7.31. The number of aliphatic carboxylic acids is 2. The Morgan fingerprint density at radius 3 is 0.966 bits per heavy atom. The zero-order chi connectivity index (χ0) is 41.5. The third kappa shape index (κ3) is 6.47. The number of fused-ring (bicyclic) bond motifs is 12. The van der Waals surface area contributed by atoms with E-state index in [1.807, 2.05) is 24.3 Å². The quantitative estimate of drug-likeness (QED) is 0.0820. The fraction of sp³-hybridized carbons (Fsp3) is 0.0909. The van der Waals surface area contributed by atoms with Gasteiger partial charge < -0.3 is 49.6 Å². The van der Waals surface area contributed by atoms with Crippen LogP contribution < -0.4 is 9.47 Å². The highest BCUT2D eigenvalue weighted by Crippen LogP contribution is 2.58. The van der Waals surface area contributed by atoms with Gasteiger partial charge in [0.05, 0.1) is 11.1 Å². The Balaban J connectivity index is 0.000000149. The highest BCUT2D eigenvalue weighted by Gasteiger charge is 2.55. The van der Waals surface area contributed by atoms with Crippen LogP contribution in [-0.4, -0.2) is 54.5 Å². The molecule has 0 unspecified atom stereocenters. The van der Waals surface area contributed by atoms with E-state index in [1.165, 1.54) is 48.5 Å². The predicted molar refractivity (Wildman–Crippen MR) is 203 cm³/mol. The molecule has 0 fully saturated rings. The molecule has 0 radical (unpaired) electrons. The lowest BCUT2D eigenvalue weighted by molar-refractivity contribution is -0.135. The summed E-state index contributed by atoms with van der Waals surface area (Å²) < 4.78 is 23.6. The van der Waals surface area contributed by atoms with Gasteiger partial charge in [-0.05, 0) is 60.7 Å². The van der Waals surface area contributed by atoms with Crippen LogP contribution in [0.2, 0.25) is 0 Å². The Kier molecular flexibility index (Phi) is 9.62. The Morgan fingerprint density at radius 2 is 0.690 bits per heavy atom. The molecule has 14 heteroatoms. The van der Waals surface area contributed by atoms with Crippen molar-refractivity contribution in [3.63, 3.8) is 0 Å². The molecule has 0 bridgehead atoms. The zero-order valence-electron chi connectivity index (χ0n) is 30.5. The lowest BCUT2D eigenvalue weighted by atomic mass is 9.77. The Morgan fingerprint density at radius 1 is 0.431 bits per heavy atom. The lowest BCUT2D eigenvalue weighted by Crippen LogP contribution is -2.32. The number of carbonyl (C=O) groups is 4. The first-order valence-electron chi connectivity index (χ1n) is 17.4. The van der Waals surface area contributed by atoms with Gasteiger partial charge in [-0.15, -0.1) is 0 Å². The van der Waals surface area contributed by atoms with Crippen LogP contribution in [-0.2, 0) is 30.3 Å². The summed E-state index contributed by atoms with van der Waals surface area (Å²) in [5.41, 5.74) is 2.57. The van der Waals surface area contributed by atoms with E-state index in [0.29, 0.717) is 67.5 Å². The molecule has 0 amide bonds. The second kappa shape index (κ2) is 14.6. The molecule has 0 saturated heterocycles. The summed E-state index contributed by atoms with van der Waals surface area (Å²) >= 11 is 0. The van der Waals surface area contributed by atoms with Gasteiger partial charge in [0.1, 0.15) is 46.0 Å². The molecule has 58 heavy (non-hydrogen) atoms. The number of carboxylic acid groups (broad SMARTS) is 2. The Labute approximate surface area is 328 Å². The van der Waals surface area contributed by atoms with Crippen LogP contribution in [0.15, 0.2) is 121 Å². The van der Waals surface area contributed by atoms with Crippen LogP contribution in [0.25, 0.3) is 0 Å². The number of hydrogen-bond donors (Lipinski definition) is 6. The van der Waals surface area contributed by atoms with Gasteiger partial charge in [-0.1, -0.05) is 36.4 Å². The molecule has 4 aliphatic heterocycles. The van der Waals surface area contributed by atoms with Crippen molar-refractivity contribution in [3.05, 3.63) is 166 Å². The summed E-state index contributed by atoms with van der Waals surface area (Å²) in [6, 6.07) is 33.2. The zero-order valence-corrected chi connectivity index (χ0v) is 30.5. The summed E-state index contributed by atoms with van der Waals surface area (Å²) in [5, 5.41) is 54.2. The number of esters is 2. The van der Waals surface area contributed by atoms with E-state index < -0.39 is 35.1 Å². The number of carbonyl (C=O) groups excluding carboxylic acids is 2. The van der Waals surface area contributed by atoms with E-state index in [-0.39, 0.29) is 23.0 Å². The number of hydrogen-bond acceptors (Lipinski definition) is 12. The van der Waals surface area contributed by atoms with Gasteiger partial charge in [-0.2, -0.15) is 0 Å². The monoisotopic (exact) mass is 784 g/mol. The van der Waals surface area contributed by atoms with Gasteiger partial charge in [-0.25, -0.2) is 9.59 Å². The van der Waals surface area contributed by atoms with Crippen molar-refractivity contribution in [2.24, 2.45) is 0 Å². The minimum absolute atomic E-state index is 0.0371. The molecule has 0 saturated carbocycles. The summed E-state index contributed by atoms with van der Waals surface area (Å²) in [6.07, 6.45) is 0. The van der Waals surface area contributed by atoms with E-state index in [0.717, 1.165) is 13.8 Å². The van der Waals surface area contributed by atoms with Crippen LogP contribution in [0, 0.1) is 0 Å². The van der Waals surface area contributed by atoms with Crippen LogP contribution in [0.5, 0.6) is 46.0 Å². The number of benzene rings is 6. The smallest absolute Gasteiger partial charge is 0.340 e. The summed E-state index contributed by atoms with van der Waals surface area (Å²) in [5.74, 6) is -0.850. The molecule has 2 spiro atoms. The molecule has 0 aromatic heterocycles. The number of phenolic OH excluding ortho intramolecular Hbond substituents is 4. The topological polar surface area (TPSA) is 227 Å². The minimum Gasteiger partial charge on any atom is -0.508 e. The molecule has 0 atom stereocenters. The molecule has 10 rings (SSSR count). The molecule has 4 aliphatic rings. The molecule has 6 aromatic rings. The van der Waals surface area contributed by atoms with Crippen LogP contribution >= 0.6 is 0 Å². The maximum Gasteiger partial charge on any atom is 0.340 e. The normalized spacial score (nSPS) is 14.4. The summed E-state index contributed by atoms with van der Waals surface area (Å²) in [4.78, 5) is 43.1. The predicted octanol–water partition coefficient (Wildman–Crippen LogP) is 7.51. The maximum absolute atomic E-state index is 12.5. The van der Waals surface area contributed by atoms with Crippen LogP contribution in [0.4, 0.5) is 0 Å². The molecule has 6 N–H and O–H groups in total. The van der Waals surface area contributed by atoms with Crippen LogP contribution in [0.3, 0.4) is 0 Å². The number of ether oxygens (including phenoxy) is 4. The van der Waals surface area contributed by atoms with Gasteiger partial charge in [0.2, 0.25) is 0 Å². The highest BCUT2D eigenvalue weighted by molar-refractivity contribution is 5.98. The molecule has 14 nitrogen and oxygen atoms in total. The van der Waals surface area contributed by atoms with Crippen molar-refractivity contribution in [2.75, 3.05) is 0 Å². The second-order valence-electron chi connectivity index (χ2n) is 13.2. The standard InChI is InChI=1S/2C20H12O5.2C2H4O2/c2*21-11-5-7-15-17(9-11)24-18-10-12(22)6-8-16(18)20(15)14-4-2-1-3-13(14)19(23)25-20;2*1-2(3)4/h2*1-10,21-22H;2*1H3,(H,3,4). The summed E-state index contributed by atoms with van der Waals surface area (Å²) in [7, 11) is 0. The first kappa shape index (κ1) is 38.3. The van der Waals surface area contributed by atoms with Gasteiger partial charge >= 0.3 is 11.9 Å². The van der Waals surface area contributed by atoms with Crippen molar-refractivity contribution in [1.29, 1.82) is 0 Å². The van der Waals surface area contributed by atoms with Crippen molar-refractivity contribution >= 4 is 23.9 Å². The first-order valence-corrected chi connectivity index (χ1v) is 17.4. The molecule has 6 aromatic carbocycles. The maximum atomic E-state index is 12.5. The van der Waals surface area contributed by atoms with E-state index in [2.05, 4.69) is 0 Å². The summed E-state index contributed by atoms with van der Waals surface area (Å²) in [6.45, 7) is 2.17. The van der Waals surface area contributed by atoms with Gasteiger partial charge in [-0.3, -0.25) is 9.59 Å². The number of carboxylic acids is 2. The van der Waals surface area contributed by atoms with Crippen molar-refractivity contribution in [3.8, 4) is 46.0 Å². The molecule has 292 valence electrons. The Hall–Kier alpha value is -8.00. The van der Waals surface area contributed by atoms with Crippen molar-refractivity contribution < 1.29 is 68.8 Å². The van der Waals surface area contributed by atoms with Crippen LogP contribution in [0.1, 0.15) is 67.9 Å². The van der Waals surface area contributed by atoms with Crippen molar-refractivity contribution in [1.82, 2.24) is 0 Å². The first-order chi connectivity index (χ1) is 27.6. The van der Waals surface area contributed by atoms with E-state index in [9.17, 15) is 30.0 Å². The molecular weight excluding hydrogens is 752 g/mol. The van der Waals surface area contributed by atoms with Gasteiger partial charge in [0, 0.05) is 71.5 Å². The second-order valence-corrected chi connectivity index (χ2v) is 13.2. The average molecular weight is 785 g/mol. The highest BCUT2D eigenvalue weighted by atomic mass is 16.6. The number of aromatic hydroxyl groups is 4. The third-order valence-electron chi connectivity index (χ3n) is 9.36. The Bertz CT molecular complexity index is 2370. The number of phenols is 4. The molecule has 0 aliphatic carbocycles. The number of rotatable bonds is 0. The van der Waals surface area contributed by atoms with E-state index in [1.54, 1.807) is 48.5 Å². The van der Waals surface area contributed by atoms with Gasteiger partial charge in [0.15, 0.2) is 11.2 Å².